The molecule has 3 heterocycles. The number of amides is 1. The van der Waals surface area contributed by atoms with Gasteiger partial charge in [0.25, 0.3) is 5.91 Å². The number of amidine groups is 2. The Labute approximate surface area is 206 Å². The summed E-state index contributed by atoms with van der Waals surface area (Å²) in [6.07, 6.45) is -2.93. The van der Waals surface area contributed by atoms with Crippen molar-refractivity contribution in [2.24, 2.45) is 15.5 Å². The Kier molecular flexibility index (Phi) is 6.25. The lowest BCUT2D eigenvalue weighted by Gasteiger charge is -2.39. The highest BCUT2D eigenvalue weighted by atomic mass is 19.4. The number of rotatable bonds is 3. The van der Waals surface area contributed by atoms with Gasteiger partial charge in [-0.15, -0.1) is 0 Å². The van der Waals surface area contributed by atoms with Crippen molar-refractivity contribution in [1.29, 1.82) is 0 Å². The summed E-state index contributed by atoms with van der Waals surface area (Å²) in [6.45, 7) is 10.2. The number of alkyl halides is 3. The second kappa shape index (κ2) is 8.70. The Bertz CT molecular complexity index is 1200. The minimum atomic E-state index is -4.85. The summed E-state index contributed by atoms with van der Waals surface area (Å²) >= 11 is 0. The third-order valence-electron chi connectivity index (χ3n) is 6.59. The van der Waals surface area contributed by atoms with Crippen molar-refractivity contribution in [3.63, 3.8) is 0 Å². The molecule has 0 bridgehead atoms. The zero-order valence-corrected chi connectivity index (χ0v) is 20.8. The minimum absolute atomic E-state index is 0.151. The third-order valence-corrected chi connectivity index (χ3v) is 6.59. The number of hydrogen-bond acceptors (Lipinski definition) is 6. The first-order valence-electron chi connectivity index (χ1n) is 11.7. The molecule has 36 heavy (non-hydrogen) atoms. The summed E-state index contributed by atoms with van der Waals surface area (Å²) < 4.78 is 54.2. The van der Waals surface area contributed by atoms with E-state index in [1.165, 1.54) is 13.0 Å². The Balaban J connectivity index is 1.64. The van der Waals surface area contributed by atoms with E-state index in [9.17, 15) is 27.2 Å². The molecule has 7 nitrogen and oxygen atoms in total. The number of carbonyl (C=O) groups excluding carboxylic acids is 2. The predicted molar refractivity (Wildman–Crippen MR) is 127 cm³/mol. The molecule has 1 fully saturated rings. The van der Waals surface area contributed by atoms with Crippen LogP contribution in [0.15, 0.2) is 39.9 Å². The van der Waals surface area contributed by atoms with Gasteiger partial charge < -0.3 is 10.2 Å². The predicted octanol–water partition coefficient (Wildman–Crippen LogP) is 4.07. The number of piperidine rings is 1. The van der Waals surface area contributed by atoms with Gasteiger partial charge in [-0.2, -0.15) is 18.3 Å². The van der Waals surface area contributed by atoms with E-state index in [0.717, 1.165) is 6.07 Å². The number of hydrazone groups is 1. The second-order valence-corrected chi connectivity index (χ2v) is 10.7. The van der Waals surface area contributed by atoms with Crippen molar-refractivity contribution in [2.75, 3.05) is 19.6 Å². The summed E-state index contributed by atoms with van der Waals surface area (Å²) in [7, 11) is 0. The molecule has 0 spiro atoms. The molecule has 1 amide bonds. The van der Waals surface area contributed by atoms with E-state index in [4.69, 9.17) is 0 Å². The van der Waals surface area contributed by atoms with E-state index in [0.29, 0.717) is 43.8 Å². The Morgan fingerprint density at radius 3 is 2.50 bits per heavy atom. The number of carbonyl (C=O) groups is 2. The first-order valence-corrected chi connectivity index (χ1v) is 11.7. The normalized spacial score (nSPS) is 21.9. The number of halogens is 4. The summed E-state index contributed by atoms with van der Waals surface area (Å²) in [5.74, 6) is -1.04. The maximum absolute atomic E-state index is 14.7. The van der Waals surface area contributed by atoms with Gasteiger partial charge >= 0.3 is 6.18 Å². The summed E-state index contributed by atoms with van der Waals surface area (Å²) in [5.41, 5.74) is -2.58. The molecule has 1 saturated heterocycles. The molecule has 1 N–H and O–H groups in total. The number of nitrogens with zero attached hydrogens (tertiary/aromatic N) is 4. The van der Waals surface area contributed by atoms with Crippen LogP contribution in [0.4, 0.5) is 17.6 Å². The van der Waals surface area contributed by atoms with Crippen LogP contribution in [-0.2, 0) is 15.8 Å². The molecule has 4 rings (SSSR count). The zero-order valence-electron chi connectivity index (χ0n) is 20.8. The van der Waals surface area contributed by atoms with E-state index in [1.54, 1.807) is 11.1 Å². The quantitative estimate of drug-likeness (QED) is 0.626. The smallest absolute Gasteiger partial charge is 0.354 e. The number of hydrogen-bond donors (Lipinski definition) is 1. The van der Waals surface area contributed by atoms with Crippen molar-refractivity contribution in [1.82, 2.24) is 15.2 Å². The van der Waals surface area contributed by atoms with Gasteiger partial charge in [0.1, 0.15) is 17.4 Å². The van der Waals surface area contributed by atoms with Crippen molar-refractivity contribution < 1.29 is 27.2 Å². The van der Waals surface area contributed by atoms with E-state index < -0.39 is 40.5 Å². The number of aliphatic imine (C=N–C) groups is 1. The van der Waals surface area contributed by atoms with Crippen LogP contribution >= 0.6 is 0 Å². The first-order chi connectivity index (χ1) is 16.6. The molecule has 3 aliphatic heterocycles. The van der Waals surface area contributed by atoms with Gasteiger partial charge in [0.15, 0.2) is 5.84 Å². The fourth-order valence-electron chi connectivity index (χ4n) is 4.64. The second-order valence-electron chi connectivity index (χ2n) is 10.7. The largest absolute Gasteiger partial charge is 0.419 e. The molecule has 0 radical (unpaired) electrons. The highest BCUT2D eigenvalue weighted by molar-refractivity contribution is 6.25. The van der Waals surface area contributed by atoms with Crippen molar-refractivity contribution in [3.8, 4) is 0 Å². The summed E-state index contributed by atoms with van der Waals surface area (Å²) in [5, 5.41) is 8.92. The van der Waals surface area contributed by atoms with Crippen LogP contribution in [0.1, 0.15) is 58.2 Å². The molecule has 0 aliphatic carbocycles. The van der Waals surface area contributed by atoms with Gasteiger partial charge in [-0.3, -0.25) is 14.6 Å². The van der Waals surface area contributed by atoms with E-state index in [1.807, 2.05) is 32.6 Å². The van der Waals surface area contributed by atoms with Gasteiger partial charge in [-0.1, -0.05) is 26.0 Å². The van der Waals surface area contributed by atoms with E-state index in [2.05, 4.69) is 15.4 Å². The molecule has 0 unspecified atom stereocenters. The van der Waals surface area contributed by atoms with Gasteiger partial charge in [0, 0.05) is 30.5 Å². The SMILES string of the molecule is C[C@@H](NC(=O)C1=CC(N2CCC(=O)C(C)(C)C2)=NN2CC(C)(C)N=C12)c1cccc(C(F)(F)F)c1F. The van der Waals surface area contributed by atoms with Crippen molar-refractivity contribution in [3.05, 3.63) is 46.8 Å². The van der Waals surface area contributed by atoms with Crippen molar-refractivity contribution in [2.45, 2.75) is 58.8 Å². The lowest BCUT2D eigenvalue weighted by molar-refractivity contribution is -0.140. The van der Waals surface area contributed by atoms with E-state index >= 15 is 0 Å². The Morgan fingerprint density at radius 1 is 1.17 bits per heavy atom. The van der Waals surface area contributed by atoms with Gasteiger partial charge in [-0.05, 0) is 32.9 Å². The molecule has 0 aromatic heterocycles. The number of nitrogens with one attached hydrogen (secondary N) is 1. The molecular formula is C25H29F4N5O2. The number of Topliss-reactive ketones (excluding diaryl/α,β-unsaturated/α-hetero) is 1. The van der Waals surface area contributed by atoms with Crippen LogP contribution < -0.4 is 5.32 Å². The molecule has 1 aromatic rings. The van der Waals surface area contributed by atoms with Crippen LogP contribution in [0.3, 0.4) is 0 Å². The topological polar surface area (TPSA) is 77.4 Å². The van der Waals surface area contributed by atoms with Gasteiger partial charge in [0.2, 0.25) is 0 Å². The van der Waals surface area contributed by atoms with Crippen LogP contribution in [0, 0.1) is 11.2 Å². The number of fused-ring (bicyclic) bond motifs is 1. The Hall–Kier alpha value is -3.24. The van der Waals surface area contributed by atoms with E-state index in [-0.39, 0.29) is 16.9 Å². The molecule has 1 aromatic carbocycles. The van der Waals surface area contributed by atoms with Gasteiger partial charge in [0.05, 0.1) is 29.3 Å². The first kappa shape index (κ1) is 25.8. The maximum atomic E-state index is 14.7. The highest BCUT2D eigenvalue weighted by Crippen LogP contribution is 2.34. The highest BCUT2D eigenvalue weighted by Gasteiger charge is 2.41. The lowest BCUT2D eigenvalue weighted by Crippen LogP contribution is -2.50. The maximum Gasteiger partial charge on any atom is 0.419 e. The molecular weight excluding hydrogens is 478 g/mol. The van der Waals surface area contributed by atoms with Crippen LogP contribution in [0.5, 0.6) is 0 Å². The average Bonchev–Trinajstić information content (AvgIpc) is 3.07. The van der Waals surface area contributed by atoms with Gasteiger partial charge in [-0.25, -0.2) is 9.40 Å². The number of likely N-dealkylation sites (tertiary alicyclic amines) is 1. The fraction of sp³-hybridized carbons (Fsp3) is 0.520. The lowest BCUT2D eigenvalue weighted by atomic mass is 9.82. The molecule has 3 aliphatic rings. The average molecular weight is 508 g/mol. The number of ketones is 1. The van der Waals surface area contributed by atoms with Crippen LogP contribution in [0.25, 0.3) is 0 Å². The van der Waals surface area contributed by atoms with Crippen LogP contribution in [-0.4, -0.2) is 58.4 Å². The van der Waals surface area contributed by atoms with Crippen LogP contribution in [0.2, 0.25) is 0 Å². The molecule has 1 atom stereocenters. The summed E-state index contributed by atoms with van der Waals surface area (Å²) in [4.78, 5) is 32.2. The standard InChI is InChI=1S/C25H29F4N5O2/c1-14(15-7-6-8-17(20(15)26)25(27,28)29)30-22(36)16-11-19(32-34-13-24(4,5)31-21(16)34)33-10-9-18(35)23(2,3)12-33/h6-8,11,14H,9-10,12-13H2,1-5H3,(H,30,36)/t14-/m1/s1. The third kappa shape index (κ3) is 4.87. The van der Waals surface area contributed by atoms with Crippen molar-refractivity contribution >= 4 is 23.4 Å². The number of benzene rings is 1. The molecule has 194 valence electrons. The zero-order chi connectivity index (χ0) is 26.6. The Morgan fingerprint density at radius 2 is 1.86 bits per heavy atom. The fourth-order valence-corrected chi connectivity index (χ4v) is 4.64. The summed E-state index contributed by atoms with van der Waals surface area (Å²) in [6, 6.07) is 1.95. The minimum Gasteiger partial charge on any atom is -0.354 e. The molecule has 11 heteroatoms. The molecule has 0 saturated carbocycles. The monoisotopic (exact) mass is 507 g/mol.